The maximum Gasteiger partial charge on any atom is 0.00497 e. The molecule has 0 aromatic heterocycles. The molecule has 0 aromatic rings. The summed E-state index contributed by atoms with van der Waals surface area (Å²) in [5, 5.41) is 0. The highest BCUT2D eigenvalue weighted by atomic mass is 14.6. The van der Waals surface area contributed by atoms with E-state index < -0.39 is 0 Å². The van der Waals surface area contributed by atoms with Gasteiger partial charge in [0.2, 0.25) is 0 Å². The molecule has 1 heteroatoms. The Kier molecular flexibility index (Phi) is 1.42. The summed E-state index contributed by atoms with van der Waals surface area (Å²) >= 11 is 0. The number of hydrogen-bond acceptors (Lipinski definition) is 0. The molecule has 0 fully saturated rings. The Balaban J connectivity index is 2.29. The van der Waals surface area contributed by atoms with Crippen molar-refractivity contribution in [2.45, 2.75) is 0 Å². The van der Waals surface area contributed by atoms with Crippen LogP contribution >= 0.6 is 0 Å². The molecule has 56 valence electrons. The van der Waals surface area contributed by atoms with Crippen LogP contribution in [-0.2, 0) is 0 Å². The van der Waals surface area contributed by atoms with Gasteiger partial charge < -0.3 is 5.73 Å². The molecule has 2 atom stereocenters. The molecule has 0 radical (unpaired) electrons. The topological polar surface area (TPSA) is 23.8 Å². The minimum Gasteiger partial charge on any atom is -0.699 e. The van der Waals surface area contributed by atoms with Crippen LogP contribution in [-0.4, -0.2) is 0 Å². The van der Waals surface area contributed by atoms with Gasteiger partial charge in [-0.1, -0.05) is 42.5 Å². The molecule has 2 rings (SSSR count). The van der Waals surface area contributed by atoms with Crippen molar-refractivity contribution in [3.63, 3.8) is 0 Å². The van der Waals surface area contributed by atoms with Crippen LogP contribution in [0.25, 0.3) is 5.73 Å². The van der Waals surface area contributed by atoms with Gasteiger partial charge in [0.1, 0.15) is 0 Å². The summed E-state index contributed by atoms with van der Waals surface area (Å²) in [7, 11) is 0. The third-order valence-corrected chi connectivity index (χ3v) is 2.09. The first-order valence-electron chi connectivity index (χ1n) is 3.83. The zero-order valence-electron chi connectivity index (χ0n) is 6.20. The Morgan fingerprint density at radius 3 is 2.55 bits per heavy atom. The summed E-state index contributed by atoms with van der Waals surface area (Å²) < 4.78 is 0. The lowest BCUT2D eigenvalue weighted by Gasteiger charge is -2.24. The van der Waals surface area contributed by atoms with E-state index in [-0.39, 0.29) is 0 Å². The highest BCUT2D eigenvalue weighted by molar-refractivity contribution is 5.35. The quantitative estimate of drug-likeness (QED) is 0.499. The Labute approximate surface area is 66.6 Å². The van der Waals surface area contributed by atoms with Crippen molar-refractivity contribution >= 4 is 0 Å². The molecule has 0 amide bonds. The van der Waals surface area contributed by atoms with Crippen molar-refractivity contribution in [2.75, 3.05) is 0 Å². The molecule has 1 N–H and O–H groups in total. The monoisotopic (exact) mass is 144 g/mol. The molecule has 11 heavy (non-hydrogen) atoms. The summed E-state index contributed by atoms with van der Waals surface area (Å²) in [6.07, 6.45) is 14.4. The molecule has 2 aliphatic rings. The van der Waals surface area contributed by atoms with Crippen molar-refractivity contribution in [3.8, 4) is 0 Å². The smallest absolute Gasteiger partial charge is 0.00497 e. The predicted octanol–water partition coefficient (Wildman–Crippen LogP) is 2.85. The normalized spacial score (nSPS) is 33.3. The first-order chi connectivity index (χ1) is 5.36. The number of fused-ring (bicyclic) bond motifs is 1. The number of allylic oxidation sites excluding steroid dienone is 7. The second-order valence-corrected chi connectivity index (χ2v) is 2.91. The van der Waals surface area contributed by atoms with Gasteiger partial charge in [-0.2, -0.15) is 0 Å². The average molecular weight is 144 g/mol. The zero-order chi connectivity index (χ0) is 7.68. The molecule has 0 aromatic carbocycles. The van der Waals surface area contributed by atoms with Crippen molar-refractivity contribution in [1.82, 2.24) is 0 Å². The summed E-state index contributed by atoms with van der Waals surface area (Å²) in [6.45, 7) is 0. The fraction of sp³-hybridized carbons (Fsp3) is 0.200. The maximum atomic E-state index is 7.41. The number of hydrogen-bond donors (Lipinski definition) is 0. The largest absolute Gasteiger partial charge is 0.699 e. The Hall–Kier alpha value is -1.24. The van der Waals surface area contributed by atoms with E-state index in [4.69, 9.17) is 5.73 Å². The lowest BCUT2D eigenvalue weighted by Crippen LogP contribution is -2.10. The van der Waals surface area contributed by atoms with Gasteiger partial charge in [0, 0.05) is 11.8 Å². The number of nitrogens with one attached hydrogen (secondary N) is 1. The van der Waals surface area contributed by atoms with Gasteiger partial charge in [0.25, 0.3) is 0 Å². The molecule has 0 heterocycles. The average Bonchev–Trinajstić information content (AvgIpc) is 2.04. The van der Waals surface area contributed by atoms with Crippen LogP contribution in [0.1, 0.15) is 0 Å². The minimum atomic E-state index is 0.428. The molecule has 1 nitrogen and oxygen atoms in total. The van der Waals surface area contributed by atoms with E-state index in [1.807, 2.05) is 18.2 Å². The van der Waals surface area contributed by atoms with Crippen LogP contribution in [0.15, 0.2) is 48.2 Å². The second-order valence-electron chi connectivity index (χ2n) is 2.91. The van der Waals surface area contributed by atoms with Crippen LogP contribution in [0.4, 0.5) is 0 Å². The van der Waals surface area contributed by atoms with Crippen molar-refractivity contribution in [1.29, 1.82) is 0 Å². The maximum absolute atomic E-state index is 7.41. The van der Waals surface area contributed by atoms with Crippen LogP contribution in [0.3, 0.4) is 0 Å². The molecule has 0 saturated carbocycles. The van der Waals surface area contributed by atoms with E-state index in [2.05, 4.69) is 24.3 Å². The first-order valence-corrected chi connectivity index (χ1v) is 3.83. The van der Waals surface area contributed by atoms with Gasteiger partial charge in [-0.05, 0) is 0 Å². The van der Waals surface area contributed by atoms with E-state index in [9.17, 15) is 0 Å². The Bertz CT molecular complexity index is 269. The number of rotatable bonds is 0. The van der Waals surface area contributed by atoms with Crippen molar-refractivity contribution in [3.05, 3.63) is 54.0 Å². The lowest BCUT2D eigenvalue weighted by atomic mass is 9.84. The molecule has 0 spiro atoms. The highest BCUT2D eigenvalue weighted by Gasteiger charge is 2.14. The molecule has 0 bridgehead atoms. The van der Waals surface area contributed by atoms with Gasteiger partial charge in [-0.15, -0.1) is 5.70 Å². The molecular formula is C10H10N-. The van der Waals surface area contributed by atoms with E-state index in [1.165, 1.54) is 0 Å². The van der Waals surface area contributed by atoms with Gasteiger partial charge in [0.05, 0.1) is 0 Å². The third kappa shape index (κ3) is 1.14. The molecule has 0 aliphatic heterocycles. The second kappa shape index (κ2) is 2.42. The minimum absolute atomic E-state index is 0.428. The van der Waals surface area contributed by atoms with Crippen LogP contribution in [0, 0.1) is 11.8 Å². The fourth-order valence-electron chi connectivity index (χ4n) is 1.48. The van der Waals surface area contributed by atoms with Crippen LogP contribution in [0.5, 0.6) is 0 Å². The molecule has 2 aliphatic carbocycles. The van der Waals surface area contributed by atoms with E-state index in [1.54, 1.807) is 0 Å². The van der Waals surface area contributed by atoms with Gasteiger partial charge in [-0.25, -0.2) is 0 Å². The van der Waals surface area contributed by atoms with E-state index >= 15 is 0 Å². The van der Waals surface area contributed by atoms with Crippen LogP contribution < -0.4 is 0 Å². The first kappa shape index (κ1) is 6.47. The predicted molar refractivity (Wildman–Crippen MR) is 46.8 cm³/mol. The molecule has 0 saturated heterocycles. The van der Waals surface area contributed by atoms with Gasteiger partial charge in [0.15, 0.2) is 0 Å². The Morgan fingerprint density at radius 2 is 1.73 bits per heavy atom. The van der Waals surface area contributed by atoms with Crippen molar-refractivity contribution in [2.24, 2.45) is 11.8 Å². The fourth-order valence-corrected chi connectivity index (χ4v) is 1.48. The zero-order valence-corrected chi connectivity index (χ0v) is 6.20. The summed E-state index contributed by atoms with van der Waals surface area (Å²) in [4.78, 5) is 0. The van der Waals surface area contributed by atoms with Crippen LogP contribution in [0.2, 0.25) is 0 Å². The Morgan fingerprint density at radius 1 is 1.00 bits per heavy atom. The molecular weight excluding hydrogens is 134 g/mol. The third-order valence-electron chi connectivity index (χ3n) is 2.09. The van der Waals surface area contributed by atoms with Gasteiger partial charge >= 0.3 is 0 Å². The standard InChI is InChI=1S/C10H10N/c11-10-6-5-8-3-1-2-4-9(8)7-10/h1-9,11H/q-1. The summed E-state index contributed by atoms with van der Waals surface area (Å²) in [6, 6.07) is 0. The summed E-state index contributed by atoms with van der Waals surface area (Å²) in [5.41, 5.74) is 8.04. The SMILES string of the molecule is [NH-]C1=CC2C=CC=CC2C=C1. The van der Waals surface area contributed by atoms with Gasteiger partial charge in [-0.3, -0.25) is 0 Å². The highest BCUT2D eigenvalue weighted by Crippen LogP contribution is 2.27. The lowest BCUT2D eigenvalue weighted by molar-refractivity contribution is 0.657. The van der Waals surface area contributed by atoms with E-state index in [0.29, 0.717) is 17.5 Å². The summed E-state index contributed by atoms with van der Waals surface area (Å²) in [5.74, 6) is 0.923. The van der Waals surface area contributed by atoms with E-state index in [0.717, 1.165) is 0 Å². The molecule has 2 unspecified atom stereocenters. The van der Waals surface area contributed by atoms with Crippen molar-refractivity contribution < 1.29 is 0 Å².